The molecule has 2 aromatic rings. The van der Waals surface area contributed by atoms with Gasteiger partial charge in [0, 0.05) is 11.1 Å². The van der Waals surface area contributed by atoms with Gasteiger partial charge in [-0.2, -0.15) is 31.6 Å². The topological polar surface area (TPSA) is 26.3 Å². The van der Waals surface area contributed by atoms with Crippen LogP contribution in [0.1, 0.15) is 41.3 Å². The summed E-state index contributed by atoms with van der Waals surface area (Å²) < 4.78 is 84.5. The minimum atomic E-state index is -5.08. The second-order valence-corrected chi connectivity index (χ2v) is 6.98. The van der Waals surface area contributed by atoms with E-state index in [0.29, 0.717) is 30.6 Å². The maximum atomic E-state index is 13.2. The van der Waals surface area contributed by atoms with Gasteiger partial charge in [0.05, 0.1) is 17.7 Å². The molecule has 0 saturated heterocycles. The number of ether oxygens (including phenoxy) is 1. The van der Waals surface area contributed by atoms with Crippen molar-refractivity contribution in [3.63, 3.8) is 0 Å². The fraction of sp³-hybridized carbons (Fsp3) is 0.316. The number of hydrogen-bond acceptors (Lipinski definition) is 2. The molecule has 0 unspecified atom stereocenters. The van der Waals surface area contributed by atoms with Crippen LogP contribution in [0.2, 0.25) is 0 Å². The standard InChI is InChI=1S/C19H16F6O2P.Li/c1-2-3-11-27-12-7-9-13(10-8-12)28-17(26)16-14(18(20,21)22)5-4-6-15(16)19(23,24)25;/h4-10H,2-3,11H2,1H3;/q-1;+1. The molecule has 0 fully saturated rings. The number of unbranched alkanes of at least 4 members (excludes halogenated alkanes) is 1. The zero-order chi connectivity index (χ0) is 20.9. The molecule has 152 valence electrons. The Balaban J connectivity index is 0.00000420. The van der Waals surface area contributed by atoms with Crippen molar-refractivity contribution in [3.05, 3.63) is 59.2 Å². The Bertz CT molecular complexity index is 787. The number of carbonyl (C=O) groups excluding carboxylic acids is 1. The van der Waals surface area contributed by atoms with E-state index in [1.54, 1.807) is 0 Å². The molecule has 0 radical (unpaired) electrons. The van der Waals surface area contributed by atoms with Crippen LogP contribution in [0.15, 0.2) is 42.5 Å². The molecule has 2 nitrogen and oxygen atoms in total. The number of hydrogen-bond donors (Lipinski definition) is 0. The Kier molecular flexibility index (Phi) is 9.27. The van der Waals surface area contributed by atoms with Gasteiger partial charge in [-0.25, -0.2) is 0 Å². The van der Waals surface area contributed by atoms with Gasteiger partial charge < -0.3 is 18.1 Å². The molecule has 0 saturated carbocycles. The van der Waals surface area contributed by atoms with Gasteiger partial charge in [-0.15, -0.1) is 0 Å². The van der Waals surface area contributed by atoms with Crippen molar-refractivity contribution in [3.8, 4) is 5.75 Å². The molecule has 2 aromatic carbocycles. The monoisotopic (exact) mass is 428 g/mol. The number of rotatable bonds is 7. The molecule has 0 N–H and O–H groups in total. The summed E-state index contributed by atoms with van der Waals surface area (Å²) in [6, 6.07) is 7.50. The zero-order valence-corrected chi connectivity index (χ0v) is 16.6. The van der Waals surface area contributed by atoms with Crippen LogP contribution in [0, 0.1) is 0 Å². The maximum absolute atomic E-state index is 13.2. The smallest absolute Gasteiger partial charge is 0.494 e. The Hall–Kier alpha value is -1.48. The van der Waals surface area contributed by atoms with Gasteiger partial charge in [-0.05, 0) is 30.7 Å². The second kappa shape index (κ2) is 10.5. The molecule has 2 rings (SSSR count). The predicted molar refractivity (Wildman–Crippen MR) is 94.2 cm³/mol. The Morgan fingerprint density at radius 2 is 1.45 bits per heavy atom. The normalized spacial score (nSPS) is 12.1. The first-order valence-electron chi connectivity index (χ1n) is 8.30. The van der Waals surface area contributed by atoms with E-state index in [9.17, 15) is 31.1 Å². The van der Waals surface area contributed by atoms with E-state index in [1.807, 2.05) is 6.92 Å². The van der Waals surface area contributed by atoms with Crippen LogP contribution >= 0.6 is 8.58 Å². The van der Waals surface area contributed by atoms with Crippen molar-refractivity contribution < 1.29 is 54.7 Å². The fourth-order valence-electron chi connectivity index (χ4n) is 2.38. The molecular formula is C19H16F6LiO2P. The van der Waals surface area contributed by atoms with Crippen LogP contribution in [-0.4, -0.2) is 12.1 Å². The van der Waals surface area contributed by atoms with Gasteiger partial charge in [0.15, 0.2) is 0 Å². The summed E-state index contributed by atoms with van der Waals surface area (Å²) in [4.78, 5) is 12.4. The largest absolute Gasteiger partial charge is 1.00 e. The summed E-state index contributed by atoms with van der Waals surface area (Å²) in [5, 5.41) is 0.262. The van der Waals surface area contributed by atoms with Crippen LogP contribution < -0.4 is 28.9 Å². The van der Waals surface area contributed by atoms with Crippen molar-refractivity contribution >= 4 is 19.4 Å². The van der Waals surface area contributed by atoms with Crippen molar-refractivity contribution in [2.75, 3.05) is 6.61 Å². The molecular weight excluding hydrogens is 412 g/mol. The first-order chi connectivity index (χ1) is 13.0. The number of benzene rings is 2. The number of alkyl halides is 6. The fourth-order valence-corrected chi connectivity index (χ4v) is 3.26. The van der Waals surface area contributed by atoms with E-state index in [4.69, 9.17) is 4.74 Å². The second-order valence-electron chi connectivity index (χ2n) is 5.84. The van der Waals surface area contributed by atoms with Crippen molar-refractivity contribution in [2.24, 2.45) is 0 Å². The first-order valence-corrected chi connectivity index (χ1v) is 9.19. The predicted octanol–water partition coefficient (Wildman–Crippen LogP) is 3.32. The van der Waals surface area contributed by atoms with Gasteiger partial charge in [0.2, 0.25) is 0 Å². The van der Waals surface area contributed by atoms with Crippen LogP contribution in [0.4, 0.5) is 26.3 Å². The molecule has 0 bridgehead atoms. The van der Waals surface area contributed by atoms with Crippen LogP contribution in [0.3, 0.4) is 0 Å². The molecule has 10 heteroatoms. The summed E-state index contributed by atoms with van der Waals surface area (Å²) in [6.45, 7) is 2.48. The first kappa shape index (κ1) is 25.6. The summed E-state index contributed by atoms with van der Waals surface area (Å²) in [5.41, 5.74) is -5.84. The van der Waals surface area contributed by atoms with Gasteiger partial charge in [-0.1, -0.05) is 31.5 Å². The molecule has 0 aliphatic rings. The van der Waals surface area contributed by atoms with Gasteiger partial charge in [0.1, 0.15) is 5.75 Å². The van der Waals surface area contributed by atoms with E-state index >= 15 is 0 Å². The van der Waals surface area contributed by atoms with E-state index in [1.165, 1.54) is 24.3 Å². The third kappa shape index (κ3) is 7.06. The average molecular weight is 428 g/mol. The van der Waals surface area contributed by atoms with Crippen molar-refractivity contribution in [2.45, 2.75) is 32.1 Å². The number of halogens is 6. The summed E-state index contributed by atoms with van der Waals surface area (Å²) >= 11 is 0. The summed E-state index contributed by atoms with van der Waals surface area (Å²) in [6.07, 6.45) is -8.39. The maximum Gasteiger partial charge on any atom is 1.00 e. The third-order valence-corrected chi connectivity index (χ3v) is 4.71. The molecule has 0 aliphatic carbocycles. The molecule has 29 heavy (non-hydrogen) atoms. The number of carbonyl (C=O) groups is 1. The quantitative estimate of drug-likeness (QED) is 0.293. The summed E-state index contributed by atoms with van der Waals surface area (Å²) in [7, 11) is -0.295. The minimum absolute atomic E-state index is 0. The van der Waals surface area contributed by atoms with Crippen LogP contribution in [0.25, 0.3) is 0 Å². The molecule has 0 amide bonds. The Labute approximate surface area is 178 Å². The van der Waals surface area contributed by atoms with E-state index in [0.717, 1.165) is 12.8 Å². The Morgan fingerprint density at radius 3 is 1.90 bits per heavy atom. The SMILES string of the molecule is CCCCOc1ccc([P-]C(=O)c2c(C(F)(F)F)cccc2C(F)(F)F)cc1.[Li+]. The van der Waals surface area contributed by atoms with Gasteiger partial charge in [-0.3, -0.25) is 0 Å². The van der Waals surface area contributed by atoms with E-state index < -0.39 is 34.6 Å². The summed E-state index contributed by atoms with van der Waals surface area (Å²) in [5.74, 6) is 0.506. The average Bonchev–Trinajstić information content (AvgIpc) is 2.61. The molecule has 0 atom stereocenters. The van der Waals surface area contributed by atoms with Crippen molar-refractivity contribution in [1.29, 1.82) is 0 Å². The molecule has 0 spiro atoms. The van der Waals surface area contributed by atoms with Crippen LogP contribution in [-0.2, 0) is 12.4 Å². The van der Waals surface area contributed by atoms with Gasteiger partial charge >= 0.3 is 31.2 Å². The van der Waals surface area contributed by atoms with Crippen molar-refractivity contribution in [1.82, 2.24) is 0 Å². The zero-order valence-electron chi connectivity index (χ0n) is 15.7. The van der Waals surface area contributed by atoms with Gasteiger partial charge in [0.25, 0.3) is 0 Å². The van der Waals surface area contributed by atoms with Crippen LogP contribution in [0.5, 0.6) is 5.75 Å². The third-order valence-electron chi connectivity index (χ3n) is 3.72. The molecule has 0 aromatic heterocycles. The molecule has 0 heterocycles. The van der Waals surface area contributed by atoms with E-state index in [2.05, 4.69) is 0 Å². The van der Waals surface area contributed by atoms with E-state index in [-0.39, 0.29) is 32.7 Å². The minimum Gasteiger partial charge on any atom is -0.494 e. The molecule has 0 aliphatic heterocycles. The Morgan fingerprint density at radius 1 is 0.931 bits per heavy atom.